The third-order valence-corrected chi connectivity index (χ3v) is 0. The molecule has 0 heterocycles. The molecular formula is H4FeLiNiO5P. The molecule has 0 aromatic rings. The Morgan fingerprint density at radius 2 is 1.11 bits per heavy atom. The first-order chi connectivity index (χ1) is 3.00. The van der Waals surface area contributed by atoms with Crippen LogP contribution in [0.3, 0.4) is 0 Å². The van der Waals surface area contributed by atoms with Crippen LogP contribution in [0.5, 0.6) is 0 Å². The minimum absolute atomic E-state index is 0. The van der Waals surface area contributed by atoms with Crippen molar-refractivity contribution in [1.29, 1.82) is 0 Å². The van der Waals surface area contributed by atoms with Crippen LogP contribution in [0.2, 0.25) is 0 Å². The van der Waals surface area contributed by atoms with Crippen molar-refractivity contribution in [3.63, 3.8) is 0 Å². The summed E-state index contributed by atoms with van der Waals surface area (Å²) in [7, 11) is -4.64. The molecule has 5 nitrogen and oxygen atoms in total. The molecule has 0 radical (unpaired) electrons. The van der Waals surface area contributed by atoms with Gasteiger partial charge in [-0.25, -0.2) is 4.57 Å². The third kappa shape index (κ3) is 233. The zero-order chi connectivity index (χ0) is 6.50. The summed E-state index contributed by atoms with van der Waals surface area (Å²) in [6, 6.07) is 0. The molecule has 0 fully saturated rings. The fourth-order valence-electron chi connectivity index (χ4n) is 0. The fraction of sp³-hybridized carbons (Fsp3) is 0. The van der Waals surface area contributed by atoms with Crippen LogP contribution < -0.4 is 0 Å². The molecule has 9 heteroatoms. The van der Waals surface area contributed by atoms with E-state index in [0.29, 0.717) is 0 Å². The van der Waals surface area contributed by atoms with Crippen LogP contribution >= 0.6 is 7.82 Å². The van der Waals surface area contributed by atoms with Crippen LogP contribution in [0.25, 0.3) is 0 Å². The van der Waals surface area contributed by atoms with Gasteiger partial charge in [0.25, 0.3) is 0 Å². The van der Waals surface area contributed by atoms with E-state index in [9.17, 15) is 0 Å². The van der Waals surface area contributed by atoms with Gasteiger partial charge in [-0.2, -0.15) is 0 Å². The summed E-state index contributed by atoms with van der Waals surface area (Å²) in [5, 5.41) is 0. The summed E-state index contributed by atoms with van der Waals surface area (Å²) in [5.41, 5.74) is 0. The molecular weight excluding hydrogens is 232 g/mol. The van der Waals surface area contributed by atoms with Gasteiger partial charge < -0.3 is 14.7 Å². The van der Waals surface area contributed by atoms with Crippen LogP contribution in [-0.4, -0.2) is 33.5 Å². The first kappa shape index (κ1) is 22.4. The van der Waals surface area contributed by atoms with Gasteiger partial charge in [-0.3, -0.25) is 0 Å². The van der Waals surface area contributed by atoms with Gasteiger partial charge in [-0.15, -0.1) is 0 Å². The Bertz CT molecular complexity index is 72.8. The molecule has 0 aliphatic heterocycles. The molecule has 0 amide bonds. The molecule has 9 heavy (non-hydrogen) atoms. The van der Waals surface area contributed by atoms with Gasteiger partial charge in [0.2, 0.25) is 0 Å². The van der Waals surface area contributed by atoms with Crippen LogP contribution in [0.15, 0.2) is 0 Å². The first-order valence-corrected chi connectivity index (χ1v) is 2.88. The second-order valence-corrected chi connectivity index (χ2v) is 1.54. The molecule has 0 saturated carbocycles. The number of hydrogen-bond donors (Lipinski definition) is 3. The maximum absolute atomic E-state index is 8.88. The summed E-state index contributed by atoms with van der Waals surface area (Å²) < 4.78 is 16.8. The van der Waals surface area contributed by atoms with E-state index in [4.69, 9.17) is 23.1 Å². The summed E-state index contributed by atoms with van der Waals surface area (Å²) >= 11 is 2.62. The van der Waals surface area contributed by atoms with Crippen molar-refractivity contribution in [2.75, 3.05) is 0 Å². The standard InChI is InChI=1S/Fe.Li.Ni.H3O4P.O.H/c;;;1-5(2,3)4;;/h;;;(H3,1,2,3,4);;. The third-order valence-electron chi connectivity index (χ3n) is 0. The number of rotatable bonds is 0. The zero-order valence-corrected chi connectivity index (χ0v) is 6.26. The average molecular weight is 236 g/mol. The quantitative estimate of drug-likeness (QED) is 0.344. The van der Waals surface area contributed by atoms with E-state index in [-0.39, 0.29) is 35.9 Å². The predicted octanol–water partition coefficient (Wildman–Crippen LogP) is -1.70. The second kappa shape index (κ2) is 12.2. The van der Waals surface area contributed by atoms with E-state index < -0.39 is 7.82 Å². The molecule has 0 rings (SSSR count). The van der Waals surface area contributed by atoms with Crippen molar-refractivity contribution < 1.29 is 55.6 Å². The van der Waals surface area contributed by atoms with E-state index in [0.717, 1.165) is 0 Å². The SMILES string of the molecule is O=P(O)(O)O.[Fe].[LiH].[O]=[Ni]. The molecule has 0 saturated heterocycles. The Morgan fingerprint density at radius 1 is 1.11 bits per heavy atom. The summed E-state index contributed by atoms with van der Waals surface area (Å²) in [6.45, 7) is 0. The van der Waals surface area contributed by atoms with Crippen molar-refractivity contribution >= 4 is 26.7 Å². The second-order valence-electron chi connectivity index (χ2n) is 0.513. The molecule has 0 bridgehead atoms. The van der Waals surface area contributed by atoms with Gasteiger partial charge in [-0.1, -0.05) is 0 Å². The van der Waals surface area contributed by atoms with Crippen LogP contribution in [-0.2, 0) is 40.9 Å². The molecule has 0 atom stereocenters. The predicted molar refractivity (Wildman–Crippen MR) is 22.1 cm³/mol. The summed E-state index contributed by atoms with van der Waals surface area (Å²) in [6.07, 6.45) is 0. The van der Waals surface area contributed by atoms with Gasteiger partial charge in [0.1, 0.15) is 0 Å². The van der Waals surface area contributed by atoms with Crippen LogP contribution in [0.4, 0.5) is 0 Å². The van der Waals surface area contributed by atoms with Crippen molar-refractivity contribution in [2.24, 2.45) is 0 Å². The Morgan fingerprint density at radius 3 is 1.11 bits per heavy atom. The van der Waals surface area contributed by atoms with Crippen LogP contribution in [0.1, 0.15) is 0 Å². The average Bonchev–Trinajstić information content (AvgIpc) is 1.36. The van der Waals surface area contributed by atoms with E-state index in [1.54, 1.807) is 0 Å². The van der Waals surface area contributed by atoms with Crippen molar-refractivity contribution in [2.45, 2.75) is 0 Å². The first-order valence-electron chi connectivity index (χ1n) is 0.912. The summed E-state index contributed by atoms with van der Waals surface area (Å²) in [5.74, 6) is 0. The van der Waals surface area contributed by atoms with Gasteiger partial charge in [0.05, 0.1) is 0 Å². The Labute approximate surface area is 82.0 Å². The maximum atomic E-state index is 8.88. The van der Waals surface area contributed by atoms with Gasteiger partial charge >= 0.3 is 46.0 Å². The molecule has 0 aromatic carbocycles. The number of hydrogen-bond acceptors (Lipinski definition) is 2. The molecule has 3 N–H and O–H groups in total. The van der Waals surface area contributed by atoms with Gasteiger partial charge in [0.15, 0.2) is 0 Å². The minimum atomic E-state index is -4.64. The molecule has 0 aliphatic carbocycles. The Hall–Kier alpha value is 1.52. The van der Waals surface area contributed by atoms with Crippen molar-refractivity contribution in [1.82, 2.24) is 0 Å². The Balaban J connectivity index is -0.0000000286. The zero-order valence-electron chi connectivity index (χ0n) is 3.28. The van der Waals surface area contributed by atoms with Gasteiger partial charge in [0, 0.05) is 17.1 Å². The monoisotopic (exact) mass is 236 g/mol. The normalized spacial score (nSPS) is 7.22. The van der Waals surface area contributed by atoms with E-state index >= 15 is 0 Å². The molecule has 0 unspecified atom stereocenters. The van der Waals surface area contributed by atoms with Crippen LogP contribution in [0, 0.1) is 0 Å². The van der Waals surface area contributed by atoms with E-state index in [1.807, 2.05) is 0 Å². The topological polar surface area (TPSA) is 94.8 Å². The molecule has 0 aliphatic rings. The molecule has 0 spiro atoms. The molecule has 0 aromatic heterocycles. The summed E-state index contributed by atoms with van der Waals surface area (Å²) in [4.78, 5) is 21.6. The van der Waals surface area contributed by atoms with Crippen molar-refractivity contribution in [3.05, 3.63) is 0 Å². The van der Waals surface area contributed by atoms with E-state index in [2.05, 4.69) is 15.4 Å². The Kier molecular flexibility index (Phi) is 30.5. The number of phosphoric acid groups is 1. The van der Waals surface area contributed by atoms with Gasteiger partial charge in [-0.05, 0) is 0 Å². The fourth-order valence-corrected chi connectivity index (χ4v) is 0. The molecule has 58 valence electrons. The van der Waals surface area contributed by atoms with Crippen molar-refractivity contribution in [3.8, 4) is 0 Å². The van der Waals surface area contributed by atoms with E-state index in [1.165, 1.54) is 0 Å².